The summed E-state index contributed by atoms with van der Waals surface area (Å²) in [6.07, 6.45) is 1.83. The number of amides is 1. The Kier molecular flexibility index (Phi) is 5.61. The van der Waals surface area contributed by atoms with Crippen LogP contribution in [0, 0.1) is 13.8 Å². The first-order chi connectivity index (χ1) is 14.7. The van der Waals surface area contributed by atoms with Crippen molar-refractivity contribution in [2.45, 2.75) is 37.5 Å². The summed E-state index contributed by atoms with van der Waals surface area (Å²) in [5, 5.41) is 0. The second-order valence-corrected chi connectivity index (χ2v) is 10.6. The molecule has 2 aromatic carbocycles. The summed E-state index contributed by atoms with van der Waals surface area (Å²) >= 11 is 0. The van der Waals surface area contributed by atoms with Crippen LogP contribution in [0.25, 0.3) is 11.0 Å². The van der Waals surface area contributed by atoms with Gasteiger partial charge in [-0.2, -0.15) is 0 Å². The van der Waals surface area contributed by atoms with E-state index in [0.29, 0.717) is 24.2 Å². The first-order valence-electron chi connectivity index (χ1n) is 10.5. The summed E-state index contributed by atoms with van der Waals surface area (Å²) in [6.45, 7) is 4.83. The molecule has 7 nitrogen and oxygen atoms in total. The van der Waals surface area contributed by atoms with E-state index >= 15 is 0 Å². The van der Waals surface area contributed by atoms with Crippen molar-refractivity contribution in [1.29, 1.82) is 0 Å². The molecule has 0 bridgehead atoms. The fourth-order valence-electron chi connectivity index (χ4n) is 4.15. The highest BCUT2D eigenvalue weighted by molar-refractivity contribution is 7.89. The van der Waals surface area contributed by atoms with E-state index < -0.39 is 10.0 Å². The van der Waals surface area contributed by atoms with Crippen molar-refractivity contribution in [3.05, 3.63) is 58.9 Å². The van der Waals surface area contributed by atoms with E-state index in [4.69, 9.17) is 4.98 Å². The highest BCUT2D eigenvalue weighted by Gasteiger charge is 2.29. The fraction of sp³-hybridized carbons (Fsp3) is 0.391. The summed E-state index contributed by atoms with van der Waals surface area (Å²) in [4.78, 5) is 23.5. The molecule has 31 heavy (non-hydrogen) atoms. The number of carbonyl (C=O) groups excluding carboxylic acids is 1. The van der Waals surface area contributed by atoms with E-state index in [-0.39, 0.29) is 16.7 Å². The molecule has 1 N–H and O–H groups in total. The minimum absolute atomic E-state index is 0.127. The number of nitrogens with zero attached hydrogens (tertiary/aromatic N) is 3. The van der Waals surface area contributed by atoms with Crippen molar-refractivity contribution < 1.29 is 13.2 Å². The number of nitrogens with one attached hydrogen (secondary N) is 1. The smallest absolute Gasteiger partial charge is 0.253 e. The van der Waals surface area contributed by atoms with E-state index in [1.54, 1.807) is 13.0 Å². The van der Waals surface area contributed by atoms with Gasteiger partial charge in [-0.1, -0.05) is 12.1 Å². The number of likely N-dealkylation sites (tertiary alicyclic amines) is 1. The number of carbonyl (C=O) groups is 1. The molecule has 8 heteroatoms. The van der Waals surface area contributed by atoms with Crippen LogP contribution in [0.4, 0.5) is 0 Å². The summed E-state index contributed by atoms with van der Waals surface area (Å²) in [6, 6.07) is 11.2. The number of fused-ring (bicyclic) bond motifs is 1. The number of imidazole rings is 1. The third-order valence-electron chi connectivity index (χ3n) is 6.13. The van der Waals surface area contributed by atoms with Crippen molar-refractivity contribution in [2.24, 2.45) is 0 Å². The third kappa shape index (κ3) is 3.97. The van der Waals surface area contributed by atoms with E-state index in [2.05, 4.69) is 4.98 Å². The fourth-order valence-corrected chi connectivity index (χ4v) is 5.37. The molecule has 1 aliphatic rings. The predicted octanol–water partition coefficient (Wildman–Crippen LogP) is 3.45. The van der Waals surface area contributed by atoms with E-state index in [0.717, 1.165) is 35.3 Å². The molecule has 0 unspecified atom stereocenters. The van der Waals surface area contributed by atoms with Crippen LogP contribution in [-0.4, -0.2) is 60.7 Å². The Labute approximate surface area is 183 Å². The maximum absolute atomic E-state index is 13.3. The highest BCUT2D eigenvalue weighted by atomic mass is 32.2. The lowest BCUT2D eigenvalue weighted by Crippen LogP contribution is -2.39. The Morgan fingerprint density at radius 2 is 1.94 bits per heavy atom. The number of piperidine rings is 1. The zero-order chi connectivity index (χ0) is 22.3. The summed E-state index contributed by atoms with van der Waals surface area (Å²) in [7, 11) is -0.635. The molecule has 1 saturated heterocycles. The topological polar surface area (TPSA) is 86.4 Å². The van der Waals surface area contributed by atoms with E-state index in [1.807, 2.05) is 36.1 Å². The normalized spacial score (nSPS) is 17.5. The molecule has 1 fully saturated rings. The van der Waals surface area contributed by atoms with Gasteiger partial charge in [0.2, 0.25) is 10.0 Å². The summed E-state index contributed by atoms with van der Waals surface area (Å²) < 4.78 is 26.7. The Balaban J connectivity index is 1.62. The van der Waals surface area contributed by atoms with Gasteiger partial charge in [0, 0.05) is 38.7 Å². The van der Waals surface area contributed by atoms with Crippen LogP contribution in [-0.2, 0) is 10.0 Å². The van der Waals surface area contributed by atoms with Gasteiger partial charge < -0.3 is 9.88 Å². The van der Waals surface area contributed by atoms with Crippen LogP contribution in [0.15, 0.2) is 41.3 Å². The molecule has 0 spiro atoms. The molecule has 2 heterocycles. The number of hydrogen-bond donors (Lipinski definition) is 1. The standard InChI is InChI=1S/C23H28N4O3S/c1-15-12-18(13-21(16(15)2)31(29,30)26(3)4)23(28)27-11-7-8-17(14-27)22-24-19-9-5-6-10-20(19)25-22/h5-6,9-10,12-13,17H,7-8,11,14H2,1-4H3,(H,24,25)/t17-/m1/s1. The van der Waals surface area contributed by atoms with Crippen molar-refractivity contribution in [3.8, 4) is 0 Å². The van der Waals surface area contributed by atoms with Crippen LogP contribution in [0.1, 0.15) is 46.1 Å². The number of aryl methyl sites for hydroxylation is 1. The SMILES string of the molecule is Cc1cc(C(=O)N2CCC[C@@H](c3nc4ccccc4[nH]3)C2)cc(S(=O)(=O)N(C)C)c1C. The van der Waals surface area contributed by atoms with Gasteiger partial charge in [0.05, 0.1) is 15.9 Å². The van der Waals surface area contributed by atoms with Crippen LogP contribution in [0.3, 0.4) is 0 Å². The van der Waals surface area contributed by atoms with Crippen LogP contribution < -0.4 is 0 Å². The Morgan fingerprint density at radius 3 is 2.65 bits per heavy atom. The number of rotatable bonds is 4. The van der Waals surface area contributed by atoms with Crippen molar-refractivity contribution in [3.63, 3.8) is 0 Å². The minimum Gasteiger partial charge on any atom is -0.342 e. The number of aromatic nitrogens is 2. The van der Waals surface area contributed by atoms with Gasteiger partial charge in [0.15, 0.2) is 0 Å². The van der Waals surface area contributed by atoms with Gasteiger partial charge in [-0.25, -0.2) is 17.7 Å². The van der Waals surface area contributed by atoms with Crippen molar-refractivity contribution in [2.75, 3.05) is 27.2 Å². The van der Waals surface area contributed by atoms with Gasteiger partial charge in [0.25, 0.3) is 5.91 Å². The zero-order valence-electron chi connectivity index (χ0n) is 18.3. The van der Waals surface area contributed by atoms with Gasteiger partial charge >= 0.3 is 0 Å². The molecule has 1 aliphatic heterocycles. The van der Waals surface area contributed by atoms with Crippen molar-refractivity contribution >= 4 is 27.0 Å². The molecule has 1 aromatic heterocycles. The van der Waals surface area contributed by atoms with Gasteiger partial charge in [-0.3, -0.25) is 4.79 Å². The molecule has 164 valence electrons. The number of para-hydroxylation sites is 2. The summed E-state index contributed by atoms with van der Waals surface area (Å²) in [5.41, 5.74) is 3.79. The maximum Gasteiger partial charge on any atom is 0.253 e. The lowest BCUT2D eigenvalue weighted by Gasteiger charge is -2.32. The van der Waals surface area contributed by atoms with Gasteiger partial charge in [-0.15, -0.1) is 0 Å². The first kappa shape index (κ1) is 21.5. The molecule has 1 amide bonds. The second kappa shape index (κ2) is 8.09. The van der Waals surface area contributed by atoms with Crippen molar-refractivity contribution in [1.82, 2.24) is 19.2 Å². The molecule has 1 atom stereocenters. The number of sulfonamides is 1. The average Bonchev–Trinajstić information content (AvgIpc) is 3.19. The predicted molar refractivity (Wildman–Crippen MR) is 121 cm³/mol. The number of aromatic amines is 1. The molecule has 0 saturated carbocycles. The number of benzene rings is 2. The lowest BCUT2D eigenvalue weighted by atomic mass is 9.96. The quantitative estimate of drug-likeness (QED) is 0.673. The Morgan fingerprint density at radius 1 is 1.19 bits per heavy atom. The van der Waals surface area contributed by atoms with E-state index in [9.17, 15) is 13.2 Å². The second-order valence-electron chi connectivity index (χ2n) is 8.43. The Hall–Kier alpha value is -2.71. The Bertz CT molecular complexity index is 1210. The molecule has 3 aromatic rings. The average molecular weight is 441 g/mol. The number of H-pyrrole nitrogens is 1. The molecule has 0 radical (unpaired) electrons. The minimum atomic E-state index is -3.64. The highest BCUT2D eigenvalue weighted by Crippen LogP contribution is 2.29. The van der Waals surface area contributed by atoms with E-state index in [1.165, 1.54) is 24.5 Å². The molecule has 4 rings (SSSR count). The zero-order valence-corrected chi connectivity index (χ0v) is 19.2. The van der Waals surface area contributed by atoms with Crippen LogP contribution >= 0.6 is 0 Å². The van der Waals surface area contributed by atoms with Gasteiger partial charge in [0.1, 0.15) is 5.82 Å². The largest absolute Gasteiger partial charge is 0.342 e. The molecule has 0 aliphatic carbocycles. The molecular formula is C23H28N4O3S. The monoisotopic (exact) mass is 440 g/mol. The van der Waals surface area contributed by atoms with Crippen LogP contribution in [0.5, 0.6) is 0 Å². The third-order valence-corrected chi connectivity index (χ3v) is 8.07. The first-order valence-corrected chi connectivity index (χ1v) is 11.9. The summed E-state index contributed by atoms with van der Waals surface area (Å²) in [5.74, 6) is 0.885. The number of hydrogen-bond acceptors (Lipinski definition) is 4. The van der Waals surface area contributed by atoms with Crippen LogP contribution in [0.2, 0.25) is 0 Å². The molecular weight excluding hydrogens is 412 g/mol. The lowest BCUT2D eigenvalue weighted by molar-refractivity contribution is 0.0704. The van der Waals surface area contributed by atoms with Gasteiger partial charge in [-0.05, 0) is 62.1 Å². The maximum atomic E-state index is 13.3.